The van der Waals surface area contributed by atoms with Gasteiger partial charge >= 0.3 is 0 Å². The van der Waals surface area contributed by atoms with Crippen molar-refractivity contribution in [3.8, 4) is 0 Å². The lowest BCUT2D eigenvalue weighted by molar-refractivity contribution is 0.0758. The Balaban J connectivity index is 2.42. The number of aliphatic hydroxyl groups excluding tert-OH is 1. The quantitative estimate of drug-likeness (QED) is 0.648. The van der Waals surface area contributed by atoms with Gasteiger partial charge in [-0.15, -0.1) is 0 Å². The van der Waals surface area contributed by atoms with Gasteiger partial charge in [0.25, 0.3) is 0 Å². The number of hydrogen-bond acceptors (Lipinski definition) is 2. The number of rotatable bonds is 3. The van der Waals surface area contributed by atoms with Crippen molar-refractivity contribution in [2.45, 2.75) is 38.5 Å². The van der Waals surface area contributed by atoms with E-state index in [9.17, 15) is 5.11 Å². The van der Waals surface area contributed by atoms with E-state index in [1.54, 1.807) is 0 Å². The van der Waals surface area contributed by atoms with Gasteiger partial charge in [0.05, 0.1) is 0 Å². The highest BCUT2D eigenvalue weighted by Gasteiger charge is 2.29. The van der Waals surface area contributed by atoms with Crippen LogP contribution in [0, 0.1) is 5.41 Å². The van der Waals surface area contributed by atoms with Crippen molar-refractivity contribution < 1.29 is 5.11 Å². The highest BCUT2D eigenvalue weighted by molar-refractivity contribution is 4.82. The molecule has 0 aliphatic heterocycles. The average molecular weight is 157 g/mol. The Labute approximate surface area is 68.8 Å². The van der Waals surface area contributed by atoms with Crippen molar-refractivity contribution in [3.05, 3.63) is 0 Å². The van der Waals surface area contributed by atoms with E-state index in [2.05, 4.69) is 0 Å². The van der Waals surface area contributed by atoms with E-state index in [4.69, 9.17) is 5.73 Å². The van der Waals surface area contributed by atoms with Crippen LogP contribution in [0.15, 0.2) is 0 Å². The van der Waals surface area contributed by atoms with Gasteiger partial charge in [0.2, 0.25) is 0 Å². The van der Waals surface area contributed by atoms with Crippen LogP contribution in [-0.2, 0) is 0 Å². The van der Waals surface area contributed by atoms with Crippen LogP contribution < -0.4 is 5.73 Å². The minimum absolute atomic E-state index is 0.201. The molecular weight excluding hydrogens is 138 g/mol. The summed E-state index contributed by atoms with van der Waals surface area (Å²) >= 11 is 0. The molecule has 0 amide bonds. The zero-order chi connectivity index (χ0) is 8.16. The Morgan fingerprint density at radius 3 is 2.27 bits per heavy atom. The Morgan fingerprint density at radius 1 is 1.18 bits per heavy atom. The van der Waals surface area contributed by atoms with Gasteiger partial charge in [0.15, 0.2) is 0 Å². The van der Waals surface area contributed by atoms with Crippen LogP contribution in [0.1, 0.15) is 38.5 Å². The monoisotopic (exact) mass is 157 g/mol. The SMILES string of the molecule is NCCC1(CO)CCCCC1. The molecule has 0 heterocycles. The molecule has 1 aliphatic rings. The summed E-state index contributed by atoms with van der Waals surface area (Å²) in [6, 6.07) is 0. The van der Waals surface area contributed by atoms with E-state index in [-0.39, 0.29) is 5.41 Å². The third kappa shape index (κ3) is 2.17. The predicted molar refractivity (Wildman–Crippen MR) is 46.3 cm³/mol. The van der Waals surface area contributed by atoms with Gasteiger partial charge < -0.3 is 10.8 Å². The van der Waals surface area contributed by atoms with Crippen molar-refractivity contribution in [1.29, 1.82) is 0 Å². The second-order valence-electron chi connectivity index (χ2n) is 3.76. The maximum absolute atomic E-state index is 9.22. The normalized spacial score (nSPS) is 23.5. The molecule has 2 heteroatoms. The summed E-state index contributed by atoms with van der Waals surface area (Å²) in [5.74, 6) is 0. The van der Waals surface area contributed by atoms with E-state index < -0.39 is 0 Å². The van der Waals surface area contributed by atoms with Gasteiger partial charge in [-0.05, 0) is 31.2 Å². The molecule has 0 atom stereocenters. The van der Waals surface area contributed by atoms with Gasteiger partial charge in [-0.3, -0.25) is 0 Å². The van der Waals surface area contributed by atoms with E-state index in [0.717, 1.165) is 13.0 Å². The molecule has 3 N–H and O–H groups in total. The Kier molecular flexibility index (Phi) is 3.34. The van der Waals surface area contributed by atoms with Crippen LogP contribution >= 0.6 is 0 Å². The summed E-state index contributed by atoms with van der Waals surface area (Å²) < 4.78 is 0. The van der Waals surface area contributed by atoms with E-state index in [0.29, 0.717) is 6.61 Å². The fourth-order valence-electron chi connectivity index (χ4n) is 2.10. The van der Waals surface area contributed by atoms with Crippen LogP contribution in [0.5, 0.6) is 0 Å². The second-order valence-corrected chi connectivity index (χ2v) is 3.76. The van der Waals surface area contributed by atoms with E-state index in [1.807, 2.05) is 0 Å². The molecule has 1 aliphatic carbocycles. The number of nitrogens with two attached hydrogens (primary N) is 1. The molecule has 0 aromatic carbocycles. The van der Waals surface area contributed by atoms with Gasteiger partial charge in [0.1, 0.15) is 0 Å². The van der Waals surface area contributed by atoms with Gasteiger partial charge in [-0.25, -0.2) is 0 Å². The summed E-state index contributed by atoms with van der Waals surface area (Å²) in [6.45, 7) is 1.06. The minimum atomic E-state index is 0.201. The molecule has 0 bridgehead atoms. The van der Waals surface area contributed by atoms with Crippen molar-refractivity contribution in [1.82, 2.24) is 0 Å². The van der Waals surface area contributed by atoms with Crippen LogP contribution in [0.4, 0.5) is 0 Å². The predicted octanol–water partition coefficient (Wildman–Crippen LogP) is 1.28. The molecule has 0 spiro atoms. The van der Waals surface area contributed by atoms with Crippen LogP contribution in [0.25, 0.3) is 0 Å². The number of aliphatic hydroxyl groups is 1. The maximum atomic E-state index is 9.22. The minimum Gasteiger partial charge on any atom is -0.396 e. The topological polar surface area (TPSA) is 46.2 Å². The molecule has 0 radical (unpaired) electrons. The summed E-state index contributed by atoms with van der Waals surface area (Å²) in [6.07, 6.45) is 7.26. The highest BCUT2D eigenvalue weighted by atomic mass is 16.3. The molecule has 0 aromatic heterocycles. The first-order valence-electron chi connectivity index (χ1n) is 4.64. The molecule has 0 aromatic rings. The lowest BCUT2D eigenvalue weighted by Crippen LogP contribution is -2.30. The molecule has 0 unspecified atom stereocenters. The Hall–Kier alpha value is -0.0800. The van der Waals surface area contributed by atoms with Crippen molar-refractivity contribution in [3.63, 3.8) is 0 Å². The summed E-state index contributed by atoms with van der Waals surface area (Å²) in [4.78, 5) is 0. The highest BCUT2D eigenvalue weighted by Crippen LogP contribution is 2.38. The van der Waals surface area contributed by atoms with Gasteiger partial charge in [0, 0.05) is 6.61 Å². The largest absolute Gasteiger partial charge is 0.396 e. The smallest absolute Gasteiger partial charge is 0.0487 e. The third-order valence-electron chi connectivity index (χ3n) is 2.92. The van der Waals surface area contributed by atoms with Crippen LogP contribution in [-0.4, -0.2) is 18.3 Å². The molecule has 2 nitrogen and oxygen atoms in total. The fraction of sp³-hybridized carbons (Fsp3) is 1.00. The number of hydrogen-bond donors (Lipinski definition) is 2. The first kappa shape index (κ1) is 9.01. The first-order chi connectivity index (χ1) is 5.33. The molecular formula is C9H19NO. The van der Waals surface area contributed by atoms with E-state index in [1.165, 1.54) is 32.1 Å². The Bertz CT molecular complexity index is 103. The van der Waals surface area contributed by atoms with Crippen LogP contribution in [0.2, 0.25) is 0 Å². The second kappa shape index (κ2) is 4.07. The fourth-order valence-corrected chi connectivity index (χ4v) is 2.10. The van der Waals surface area contributed by atoms with Crippen molar-refractivity contribution >= 4 is 0 Å². The molecule has 1 saturated carbocycles. The molecule has 0 saturated heterocycles. The molecule has 66 valence electrons. The lowest BCUT2D eigenvalue weighted by atomic mass is 9.72. The average Bonchev–Trinajstić information content (AvgIpc) is 2.07. The van der Waals surface area contributed by atoms with Crippen LogP contribution in [0.3, 0.4) is 0 Å². The zero-order valence-corrected chi connectivity index (χ0v) is 7.18. The molecule has 11 heavy (non-hydrogen) atoms. The standard InChI is InChI=1S/C9H19NO/c10-7-6-9(8-11)4-2-1-3-5-9/h11H,1-8,10H2. The first-order valence-corrected chi connectivity index (χ1v) is 4.64. The van der Waals surface area contributed by atoms with Gasteiger partial charge in [-0.2, -0.15) is 0 Å². The van der Waals surface area contributed by atoms with Crippen molar-refractivity contribution in [2.75, 3.05) is 13.2 Å². The van der Waals surface area contributed by atoms with E-state index >= 15 is 0 Å². The zero-order valence-electron chi connectivity index (χ0n) is 7.18. The van der Waals surface area contributed by atoms with Gasteiger partial charge in [-0.1, -0.05) is 19.3 Å². The summed E-state index contributed by atoms with van der Waals surface area (Å²) in [5.41, 5.74) is 5.71. The summed E-state index contributed by atoms with van der Waals surface area (Å²) in [7, 11) is 0. The Morgan fingerprint density at radius 2 is 1.82 bits per heavy atom. The van der Waals surface area contributed by atoms with Crippen molar-refractivity contribution in [2.24, 2.45) is 11.1 Å². The summed E-state index contributed by atoms with van der Waals surface area (Å²) in [5, 5.41) is 9.22. The third-order valence-corrected chi connectivity index (χ3v) is 2.92. The lowest BCUT2D eigenvalue weighted by Gasteiger charge is -2.35. The maximum Gasteiger partial charge on any atom is 0.0487 e. The molecule has 1 fully saturated rings. The molecule has 1 rings (SSSR count).